The van der Waals surface area contributed by atoms with Gasteiger partial charge in [0.1, 0.15) is 5.54 Å². The predicted octanol–water partition coefficient (Wildman–Crippen LogP) is 1.93. The monoisotopic (exact) mass is 268 g/mol. The van der Waals surface area contributed by atoms with Crippen molar-refractivity contribution in [1.29, 1.82) is 0 Å². The maximum atomic E-state index is 12.3. The van der Waals surface area contributed by atoms with Gasteiger partial charge in [-0.05, 0) is 53.0 Å². The van der Waals surface area contributed by atoms with Gasteiger partial charge in [-0.25, -0.2) is 0 Å². The third kappa shape index (κ3) is 3.93. The van der Waals surface area contributed by atoms with Gasteiger partial charge in [0.2, 0.25) is 0 Å². The smallest absolute Gasteiger partial charge is 0.327 e. The molecule has 1 heterocycles. The summed E-state index contributed by atoms with van der Waals surface area (Å²) in [5.74, 6) is -0.0975. The Kier molecular flexibility index (Phi) is 4.85. The Morgan fingerprint density at radius 1 is 1.37 bits per heavy atom. The van der Waals surface area contributed by atoms with Gasteiger partial charge in [-0.15, -0.1) is 0 Å². The van der Waals surface area contributed by atoms with Crippen LogP contribution in [0.25, 0.3) is 0 Å². The van der Waals surface area contributed by atoms with E-state index in [1.54, 1.807) is 0 Å². The number of hydrogen-bond donors (Lipinski definition) is 1. The van der Waals surface area contributed by atoms with Crippen LogP contribution in [0.3, 0.4) is 0 Å². The molecule has 0 aromatic carbocycles. The molecule has 19 heavy (non-hydrogen) atoms. The number of likely N-dealkylation sites (tertiary alicyclic amines) is 1. The molecule has 1 saturated heterocycles. The zero-order valence-corrected chi connectivity index (χ0v) is 12.6. The van der Waals surface area contributed by atoms with Gasteiger partial charge in [0.25, 0.3) is 0 Å². The Labute approximate surface area is 116 Å². The summed E-state index contributed by atoms with van der Waals surface area (Å²) in [5.41, 5.74) is -0.553. The largest absolute Gasteiger partial charge is 0.465 e. The second kappa shape index (κ2) is 6.23. The van der Waals surface area contributed by atoms with Gasteiger partial charge in [-0.2, -0.15) is 0 Å². The Morgan fingerprint density at radius 3 is 2.68 bits per heavy atom. The van der Waals surface area contributed by atoms with E-state index in [0.717, 1.165) is 13.1 Å². The molecule has 4 nitrogen and oxygen atoms in total. The molecule has 0 amide bonds. The number of hydrogen-bond acceptors (Lipinski definition) is 4. The second-order valence-corrected chi connectivity index (χ2v) is 6.29. The molecule has 2 unspecified atom stereocenters. The van der Waals surface area contributed by atoms with Gasteiger partial charge in [0, 0.05) is 18.6 Å². The first-order valence-electron chi connectivity index (χ1n) is 7.74. The van der Waals surface area contributed by atoms with Crippen molar-refractivity contribution in [2.24, 2.45) is 0 Å². The van der Waals surface area contributed by atoms with Gasteiger partial charge in [0.05, 0.1) is 6.61 Å². The molecule has 4 heteroatoms. The van der Waals surface area contributed by atoms with Gasteiger partial charge in [0.15, 0.2) is 0 Å². The van der Waals surface area contributed by atoms with Crippen LogP contribution < -0.4 is 5.32 Å². The van der Waals surface area contributed by atoms with Gasteiger partial charge in [-0.1, -0.05) is 6.42 Å². The van der Waals surface area contributed by atoms with E-state index in [1.807, 2.05) is 13.8 Å². The lowest BCUT2D eigenvalue weighted by atomic mass is 9.96. The summed E-state index contributed by atoms with van der Waals surface area (Å²) in [6.07, 6.45) is 6.16. The summed E-state index contributed by atoms with van der Waals surface area (Å²) in [7, 11) is 0. The Bertz CT molecular complexity index is 317. The van der Waals surface area contributed by atoms with Crippen LogP contribution in [0.15, 0.2) is 0 Å². The lowest BCUT2D eigenvalue weighted by Gasteiger charge is -2.40. The highest BCUT2D eigenvalue weighted by atomic mass is 16.5. The minimum atomic E-state index is -0.553. The van der Waals surface area contributed by atoms with Gasteiger partial charge >= 0.3 is 5.97 Å². The number of nitrogens with one attached hydrogen (secondary N) is 1. The fourth-order valence-electron chi connectivity index (χ4n) is 2.94. The van der Waals surface area contributed by atoms with E-state index in [9.17, 15) is 4.79 Å². The molecular weight excluding hydrogens is 240 g/mol. The average Bonchev–Trinajstić information content (AvgIpc) is 3.16. The fraction of sp³-hybridized carbons (Fsp3) is 0.933. The molecule has 1 aliphatic heterocycles. The third-order valence-electron chi connectivity index (χ3n) is 4.29. The molecule has 0 aromatic rings. The normalized spacial score (nSPS) is 27.8. The van der Waals surface area contributed by atoms with Crippen molar-refractivity contribution < 1.29 is 9.53 Å². The van der Waals surface area contributed by atoms with E-state index in [4.69, 9.17) is 4.74 Å². The van der Waals surface area contributed by atoms with Gasteiger partial charge in [-0.3, -0.25) is 15.0 Å². The second-order valence-electron chi connectivity index (χ2n) is 6.29. The molecule has 110 valence electrons. The number of nitrogens with zero attached hydrogens (tertiary/aromatic N) is 1. The molecule has 0 aromatic heterocycles. The van der Waals surface area contributed by atoms with E-state index in [1.165, 1.54) is 32.1 Å². The molecule has 2 atom stereocenters. The number of piperidine rings is 1. The van der Waals surface area contributed by atoms with Crippen molar-refractivity contribution in [2.45, 2.75) is 70.5 Å². The molecule has 0 bridgehead atoms. The quantitative estimate of drug-likeness (QED) is 0.748. The van der Waals surface area contributed by atoms with Crippen molar-refractivity contribution in [1.82, 2.24) is 10.2 Å². The first-order valence-corrected chi connectivity index (χ1v) is 7.74. The third-order valence-corrected chi connectivity index (χ3v) is 4.29. The van der Waals surface area contributed by atoms with E-state index in [0.29, 0.717) is 18.7 Å². The fourth-order valence-corrected chi connectivity index (χ4v) is 2.94. The average molecular weight is 268 g/mol. The molecule has 1 N–H and O–H groups in total. The molecule has 2 aliphatic rings. The summed E-state index contributed by atoms with van der Waals surface area (Å²) in [6.45, 7) is 8.47. The summed E-state index contributed by atoms with van der Waals surface area (Å²) >= 11 is 0. The molecule has 1 saturated carbocycles. The maximum Gasteiger partial charge on any atom is 0.327 e. The highest BCUT2D eigenvalue weighted by Crippen LogP contribution is 2.26. The standard InChI is InChI=1S/C15H28N2O2/c1-4-19-14(18)15(3,16-13-8-9-13)11-17-10-6-5-7-12(17)2/h12-13,16H,4-11H2,1-3H3. The van der Waals surface area contributed by atoms with Crippen molar-refractivity contribution in [3.8, 4) is 0 Å². The van der Waals surface area contributed by atoms with Crippen LogP contribution in [-0.4, -0.2) is 48.2 Å². The maximum absolute atomic E-state index is 12.3. The van der Waals surface area contributed by atoms with Crippen molar-refractivity contribution in [3.05, 3.63) is 0 Å². The molecular formula is C15H28N2O2. The van der Waals surface area contributed by atoms with E-state index in [-0.39, 0.29) is 5.97 Å². The topological polar surface area (TPSA) is 41.6 Å². The molecule has 1 aliphatic carbocycles. The lowest BCUT2D eigenvalue weighted by molar-refractivity contribution is -0.152. The van der Waals surface area contributed by atoms with Crippen LogP contribution in [0.1, 0.15) is 52.9 Å². The van der Waals surface area contributed by atoms with Crippen LogP contribution in [0.4, 0.5) is 0 Å². The number of carbonyl (C=O) groups excluding carboxylic acids is 1. The summed E-state index contributed by atoms with van der Waals surface area (Å²) in [5, 5.41) is 3.50. The minimum absolute atomic E-state index is 0.0975. The summed E-state index contributed by atoms with van der Waals surface area (Å²) < 4.78 is 5.28. The van der Waals surface area contributed by atoms with Crippen LogP contribution in [0.5, 0.6) is 0 Å². The zero-order valence-electron chi connectivity index (χ0n) is 12.6. The van der Waals surface area contributed by atoms with Crippen molar-refractivity contribution in [3.63, 3.8) is 0 Å². The zero-order chi connectivity index (χ0) is 13.9. The Balaban J connectivity index is 2.00. The Hall–Kier alpha value is -0.610. The van der Waals surface area contributed by atoms with Crippen molar-refractivity contribution in [2.75, 3.05) is 19.7 Å². The summed E-state index contributed by atoms with van der Waals surface area (Å²) in [4.78, 5) is 14.7. The number of rotatable bonds is 6. The minimum Gasteiger partial charge on any atom is -0.465 e. The highest BCUT2D eigenvalue weighted by molar-refractivity contribution is 5.80. The van der Waals surface area contributed by atoms with Crippen LogP contribution in [-0.2, 0) is 9.53 Å². The SMILES string of the molecule is CCOC(=O)C(C)(CN1CCCCC1C)NC1CC1. The molecule has 2 rings (SSSR count). The predicted molar refractivity (Wildman–Crippen MR) is 76.1 cm³/mol. The highest BCUT2D eigenvalue weighted by Gasteiger charge is 2.41. The first-order chi connectivity index (χ1) is 9.05. The van der Waals surface area contributed by atoms with E-state index >= 15 is 0 Å². The lowest BCUT2D eigenvalue weighted by Crippen LogP contribution is -2.60. The summed E-state index contributed by atoms with van der Waals surface area (Å²) in [6, 6.07) is 1.08. The number of esters is 1. The van der Waals surface area contributed by atoms with E-state index in [2.05, 4.69) is 17.1 Å². The molecule has 0 radical (unpaired) electrons. The van der Waals surface area contributed by atoms with E-state index < -0.39 is 5.54 Å². The van der Waals surface area contributed by atoms with Crippen molar-refractivity contribution >= 4 is 5.97 Å². The van der Waals surface area contributed by atoms with Crippen LogP contribution in [0, 0.1) is 0 Å². The number of ether oxygens (including phenoxy) is 1. The molecule has 0 spiro atoms. The van der Waals surface area contributed by atoms with Crippen LogP contribution in [0.2, 0.25) is 0 Å². The molecule has 2 fully saturated rings. The van der Waals surface area contributed by atoms with Crippen LogP contribution >= 0.6 is 0 Å². The Morgan fingerprint density at radius 2 is 2.11 bits per heavy atom. The van der Waals surface area contributed by atoms with Gasteiger partial charge < -0.3 is 4.74 Å². The first kappa shape index (κ1) is 14.8. The number of carbonyl (C=O) groups is 1.